The zero-order valence-electron chi connectivity index (χ0n) is 10.5. The van der Waals surface area contributed by atoms with Gasteiger partial charge in [-0.15, -0.1) is 0 Å². The number of Topliss-reactive ketones (excluding diaryl/α,β-unsaturated/α-hetero) is 1. The van der Waals surface area contributed by atoms with Crippen molar-refractivity contribution in [3.63, 3.8) is 0 Å². The maximum absolute atomic E-state index is 12.4. The summed E-state index contributed by atoms with van der Waals surface area (Å²) in [7, 11) is -5.71. The predicted molar refractivity (Wildman–Crippen MR) is 72.2 cm³/mol. The second-order valence-corrected chi connectivity index (χ2v) is 6.56. The predicted octanol–water partition coefficient (Wildman–Crippen LogP) is 2.98. The van der Waals surface area contributed by atoms with Crippen molar-refractivity contribution in [2.75, 3.05) is 5.33 Å². The van der Waals surface area contributed by atoms with E-state index in [1.165, 1.54) is 6.07 Å². The van der Waals surface area contributed by atoms with Gasteiger partial charge in [-0.3, -0.25) is 4.79 Å². The lowest BCUT2D eigenvalue weighted by Gasteiger charge is -2.14. The van der Waals surface area contributed by atoms with Gasteiger partial charge in [-0.05, 0) is 42.5 Å². The SMILES string of the molecule is O=C(CBr)c1ccc(OS(=O)(=O)C(F)(F)F)c2c1CCC2. The summed E-state index contributed by atoms with van der Waals surface area (Å²) in [4.78, 5) is 11.7. The van der Waals surface area contributed by atoms with Gasteiger partial charge in [0.1, 0.15) is 5.75 Å². The van der Waals surface area contributed by atoms with Gasteiger partial charge in [0, 0.05) is 5.56 Å². The molecule has 0 saturated carbocycles. The van der Waals surface area contributed by atoms with Crippen LogP contribution in [0.3, 0.4) is 0 Å². The highest BCUT2D eigenvalue weighted by Gasteiger charge is 2.49. The van der Waals surface area contributed by atoms with E-state index >= 15 is 0 Å². The third-order valence-corrected chi connectivity index (χ3v) is 4.62. The highest BCUT2D eigenvalue weighted by molar-refractivity contribution is 9.09. The van der Waals surface area contributed by atoms with Crippen LogP contribution in [0.5, 0.6) is 5.75 Å². The Hall–Kier alpha value is -1.09. The fourth-order valence-corrected chi connectivity index (χ4v) is 3.04. The Labute approximate surface area is 127 Å². The topological polar surface area (TPSA) is 60.4 Å². The largest absolute Gasteiger partial charge is 0.534 e. The molecule has 1 aliphatic carbocycles. The summed E-state index contributed by atoms with van der Waals surface area (Å²) in [5.74, 6) is -0.565. The van der Waals surface area contributed by atoms with Crippen molar-refractivity contribution in [3.05, 3.63) is 28.8 Å². The molecule has 0 aliphatic heterocycles. The van der Waals surface area contributed by atoms with E-state index in [1.54, 1.807) is 0 Å². The normalized spacial score (nSPS) is 14.9. The lowest BCUT2D eigenvalue weighted by atomic mass is 10.00. The van der Waals surface area contributed by atoms with E-state index in [1.807, 2.05) is 0 Å². The lowest BCUT2D eigenvalue weighted by Crippen LogP contribution is -2.28. The fraction of sp³-hybridized carbons (Fsp3) is 0.417. The van der Waals surface area contributed by atoms with E-state index in [4.69, 9.17) is 0 Å². The van der Waals surface area contributed by atoms with Crippen molar-refractivity contribution in [1.29, 1.82) is 0 Å². The van der Waals surface area contributed by atoms with Crippen LogP contribution in [0.25, 0.3) is 0 Å². The number of carbonyl (C=O) groups excluding carboxylic acids is 1. The molecule has 0 spiro atoms. The number of fused-ring (bicyclic) bond motifs is 1. The van der Waals surface area contributed by atoms with Crippen LogP contribution in [0.1, 0.15) is 27.9 Å². The summed E-state index contributed by atoms with van der Waals surface area (Å²) in [5.41, 5.74) is -4.18. The summed E-state index contributed by atoms with van der Waals surface area (Å²) < 4.78 is 63.4. The highest BCUT2D eigenvalue weighted by atomic mass is 79.9. The molecule has 0 bridgehead atoms. The average Bonchev–Trinajstić information content (AvgIpc) is 2.86. The summed E-state index contributed by atoms with van der Waals surface area (Å²) in [5, 5.41) is 0.0838. The van der Waals surface area contributed by atoms with Crippen molar-refractivity contribution in [2.24, 2.45) is 0 Å². The lowest BCUT2D eigenvalue weighted by molar-refractivity contribution is -0.0500. The standard InChI is InChI=1S/C12H10BrF3O4S/c13-6-10(17)8-4-5-11(9-3-1-2-7(8)9)20-21(18,19)12(14,15)16/h4-5H,1-3,6H2. The molecule has 0 saturated heterocycles. The molecule has 0 amide bonds. The van der Waals surface area contributed by atoms with Crippen LogP contribution in [0.4, 0.5) is 13.2 Å². The third-order valence-electron chi connectivity index (χ3n) is 3.15. The molecule has 1 aromatic rings. The Morgan fingerprint density at radius 2 is 1.86 bits per heavy atom. The molecule has 9 heteroatoms. The van der Waals surface area contributed by atoms with Crippen LogP contribution in [-0.4, -0.2) is 25.0 Å². The monoisotopic (exact) mass is 386 g/mol. The van der Waals surface area contributed by atoms with Gasteiger partial charge in [-0.1, -0.05) is 15.9 Å². The summed E-state index contributed by atoms with van der Waals surface area (Å²) in [6.07, 6.45) is 1.51. The molecule has 1 aromatic carbocycles. The number of hydrogen-bond donors (Lipinski definition) is 0. The van der Waals surface area contributed by atoms with Gasteiger partial charge in [0.15, 0.2) is 5.78 Å². The van der Waals surface area contributed by atoms with Crippen LogP contribution in [0.15, 0.2) is 12.1 Å². The van der Waals surface area contributed by atoms with E-state index in [0.717, 1.165) is 6.07 Å². The third kappa shape index (κ3) is 3.08. The zero-order valence-corrected chi connectivity index (χ0v) is 12.9. The van der Waals surface area contributed by atoms with E-state index in [0.29, 0.717) is 36.0 Å². The van der Waals surface area contributed by atoms with Crippen molar-refractivity contribution in [2.45, 2.75) is 24.8 Å². The molecule has 1 aliphatic rings. The Morgan fingerprint density at radius 1 is 1.24 bits per heavy atom. The Bertz CT molecular complexity index is 682. The number of alkyl halides is 4. The van der Waals surface area contributed by atoms with Gasteiger partial charge >= 0.3 is 15.6 Å². The quantitative estimate of drug-likeness (QED) is 0.345. The van der Waals surface area contributed by atoms with Gasteiger partial charge < -0.3 is 4.18 Å². The van der Waals surface area contributed by atoms with Gasteiger partial charge in [0.25, 0.3) is 0 Å². The highest BCUT2D eigenvalue weighted by Crippen LogP contribution is 2.36. The van der Waals surface area contributed by atoms with Crippen LogP contribution in [0.2, 0.25) is 0 Å². The molecule has 2 rings (SSSR count). The number of hydrogen-bond acceptors (Lipinski definition) is 4. The van der Waals surface area contributed by atoms with E-state index in [-0.39, 0.29) is 16.9 Å². The van der Waals surface area contributed by atoms with Crippen molar-refractivity contribution >= 4 is 31.8 Å². The smallest absolute Gasteiger partial charge is 0.376 e. The van der Waals surface area contributed by atoms with Gasteiger partial charge in [0.2, 0.25) is 0 Å². The molecule has 0 atom stereocenters. The Morgan fingerprint density at radius 3 is 2.43 bits per heavy atom. The molecule has 0 unspecified atom stereocenters. The van der Waals surface area contributed by atoms with Crippen molar-refractivity contribution in [3.8, 4) is 5.75 Å². The molecule has 116 valence electrons. The second kappa shape index (κ2) is 5.60. The molecule has 0 fully saturated rings. The molecule has 4 nitrogen and oxygen atoms in total. The minimum atomic E-state index is -5.71. The maximum atomic E-state index is 12.4. The first-order chi connectivity index (χ1) is 9.67. The summed E-state index contributed by atoms with van der Waals surface area (Å²) in [6.45, 7) is 0. The van der Waals surface area contributed by atoms with Crippen LogP contribution in [-0.2, 0) is 23.0 Å². The van der Waals surface area contributed by atoms with E-state index in [2.05, 4.69) is 20.1 Å². The van der Waals surface area contributed by atoms with Crippen molar-refractivity contribution in [1.82, 2.24) is 0 Å². The molecule has 0 aromatic heterocycles. The first-order valence-corrected chi connectivity index (χ1v) is 8.45. The number of rotatable bonds is 4. The van der Waals surface area contributed by atoms with Crippen LogP contribution in [0, 0.1) is 0 Å². The maximum Gasteiger partial charge on any atom is 0.534 e. The van der Waals surface area contributed by atoms with E-state index < -0.39 is 15.6 Å². The zero-order chi connectivity index (χ0) is 15.8. The minimum Gasteiger partial charge on any atom is -0.376 e. The number of halogens is 4. The average molecular weight is 387 g/mol. The summed E-state index contributed by atoms with van der Waals surface area (Å²) >= 11 is 3.03. The second-order valence-electron chi connectivity index (χ2n) is 4.46. The first kappa shape index (κ1) is 16.3. The molecule has 0 heterocycles. The molecular weight excluding hydrogens is 377 g/mol. The van der Waals surface area contributed by atoms with Crippen molar-refractivity contribution < 1.29 is 30.6 Å². The molecule has 21 heavy (non-hydrogen) atoms. The Balaban J connectivity index is 2.45. The molecule has 0 radical (unpaired) electrons. The molecular formula is C12H10BrF3O4S. The Kier molecular flexibility index (Phi) is 4.34. The van der Waals surface area contributed by atoms with Gasteiger partial charge in [-0.25, -0.2) is 0 Å². The first-order valence-electron chi connectivity index (χ1n) is 5.92. The molecule has 0 N–H and O–H groups in total. The van der Waals surface area contributed by atoms with Gasteiger partial charge in [-0.2, -0.15) is 21.6 Å². The fourth-order valence-electron chi connectivity index (χ4n) is 2.25. The van der Waals surface area contributed by atoms with Gasteiger partial charge in [0.05, 0.1) is 5.33 Å². The summed E-state index contributed by atoms with van der Waals surface area (Å²) in [6, 6.07) is 2.40. The number of carbonyl (C=O) groups is 1. The minimum absolute atomic E-state index is 0.0838. The van der Waals surface area contributed by atoms with Crippen LogP contribution >= 0.6 is 15.9 Å². The van der Waals surface area contributed by atoms with E-state index in [9.17, 15) is 26.4 Å². The number of benzene rings is 1. The van der Waals surface area contributed by atoms with Crippen LogP contribution < -0.4 is 4.18 Å². The number of ketones is 1.